The van der Waals surface area contributed by atoms with Crippen molar-refractivity contribution >= 4 is 32.4 Å². The van der Waals surface area contributed by atoms with Gasteiger partial charge in [-0.1, -0.05) is 41.7 Å². The summed E-state index contributed by atoms with van der Waals surface area (Å²) in [5.41, 5.74) is 8.87. The van der Waals surface area contributed by atoms with E-state index < -0.39 is 0 Å². The smallest absolute Gasteiger partial charge is 0.186 e. The summed E-state index contributed by atoms with van der Waals surface area (Å²) in [5.74, 6) is 0. The Morgan fingerprint density at radius 2 is 1.95 bits per heavy atom. The Morgan fingerprint density at radius 1 is 1.16 bits per heavy atom. The molecule has 1 heterocycles. The molecule has 2 aromatic carbocycles. The van der Waals surface area contributed by atoms with E-state index in [-0.39, 0.29) is 0 Å². The Hall–Kier alpha value is -2.07. The van der Waals surface area contributed by atoms with Crippen molar-refractivity contribution in [2.75, 3.05) is 17.7 Å². The van der Waals surface area contributed by atoms with E-state index in [4.69, 9.17) is 5.73 Å². The van der Waals surface area contributed by atoms with Crippen molar-refractivity contribution in [2.45, 2.75) is 6.54 Å². The van der Waals surface area contributed by atoms with Crippen molar-refractivity contribution in [1.29, 1.82) is 0 Å². The average Bonchev–Trinajstić information content (AvgIpc) is 2.83. The number of hydrogen-bond donors (Lipinski definition) is 1. The highest BCUT2D eigenvalue weighted by atomic mass is 32.1. The molecule has 2 N–H and O–H groups in total. The van der Waals surface area contributed by atoms with Gasteiger partial charge in [0.1, 0.15) is 0 Å². The summed E-state index contributed by atoms with van der Waals surface area (Å²) in [7, 11) is 2.06. The normalized spacial score (nSPS) is 10.8. The number of nitrogens with two attached hydrogens (primary N) is 1. The van der Waals surface area contributed by atoms with E-state index in [1.165, 1.54) is 5.56 Å². The van der Waals surface area contributed by atoms with Crippen molar-refractivity contribution in [1.82, 2.24) is 4.98 Å². The molecule has 96 valence electrons. The first-order valence-corrected chi connectivity index (χ1v) is 6.95. The van der Waals surface area contributed by atoms with E-state index in [1.54, 1.807) is 11.3 Å². The fourth-order valence-corrected chi connectivity index (χ4v) is 2.99. The summed E-state index contributed by atoms with van der Waals surface area (Å²) in [6, 6.07) is 16.2. The Balaban J connectivity index is 1.87. The molecule has 0 aliphatic carbocycles. The Morgan fingerprint density at radius 3 is 2.74 bits per heavy atom. The minimum absolute atomic E-state index is 0.786. The Bertz CT molecular complexity index is 691. The first-order chi connectivity index (χ1) is 9.22. The van der Waals surface area contributed by atoms with Crippen LogP contribution in [0.2, 0.25) is 0 Å². The molecule has 0 radical (unpaired) electrons. The van der Waals surface area contributed by atoms with Gasteiger partial charge in [-0.25, -0.2) is 4.98 Å². The SMILES string of the molecule is CN(Cc1ccccc1)c1nc2ccc(N)cc2s1. The third-order valence-corrected chi connectivity index (χ3v) is 4.12. The second-order valence-corrected chi connectivity index (χ2v) is 5.57. The fraction of sp³-hybridized carbons (Fsp3) is 0.133. The van der Waals surface area contributed by atoms with E-state index in [2.05, 4.69) is 41.2 Å². The lowest BCUT2D eigenvalue weighted by Crippen LogP contribution is -2.15. The van der Waals surface area contributed by atoms with E-state index in [0.717, 1.165) is 27.6 Å². The number of nitrogens with zero attached hydrogens (tertiary/aromatic N) is 2. The van der Waals surface area contributed by atoms with Crippen molar-refractivity contribution in [3.05, 3.63) is 54.1 Å². The van der Waals surface area contributed by atoms with Crippen molar-refractivity contribution in [3.63, 3.8) is 0 Å². The monoisotopic (exact) mass is 269 g/mol. The zero-order valence-electron chi connectivity index (χ0n) is 10.7. The quantitative estimate of drug-likeness (QED) is 0.740. The summed E-state index contributed by atoms with van der Waals surface area (Å²) < 4.78 is 1.13. The molecule has 19 heavy (non-hydrogen) atoms. The molecule has 0 bridgehead atoms. The molecule has 1 aromatic heterocycles. The lowest BCUT2D eigenvalue weighted by molar-refractivity contribution is 0.917. The third kappa shape index (κ3) is 2.53. The second kappa shape index (κ2) is 4.90. The molecular formula is C15H15N3S. The first kappa shape index (κ1) is 12.0. The molecule has 3 aromatic rings. The number of benzene rings is 2. The van der Waals surface area contributed by atoms with Crippen LogP contribution in [0.4, 0.5) is 10.8 Å². The maximum atomic E-state index is 5.80. The largest absolute Gasteiger partial charge is 0.399 e. The zero-order valence-corrected chi connectivity index (χ0v) is 11.5. The second-order valence-electron chi connectivity index (χ2n) is 4.57. The van der Waals surface area contributed by atoms with Crippen molar-refractivity contribution in [3.8, 4) is 0 Å². The summed E-state index contributed by atoms with van der Waals surface area (Å²) in [4.78, 5) is 6.80. The van der Waals surface area contributed by atoms with Gasteiger partial charge in [-0.2, -0.15) is 0 Å². The lowest BCUT2D eigenvalue weighted by Gasteiger charge is -2.15. The number of rotatable bonds is 3. The van der Waals surface area contributed by atoms with Crippen LogP contribution < -0.4 is 10.6 Å². The Kier molecular flexibility index (Phi) is 3.09. The summed E-state index contributed by atoms with van der Waals surface area (Å²) in [6.45, 7) is 0.857. The first-order valence-electron chi connectivity index (χ1n) is 6.13. The van der Waals surface area contributed by atoms with Crippen LogP contribution in [0.1, 0.15) is 5.56 Å². The van der Waals surface area contributed by atoms with E-state index in [0.29, 0.717) is 0 Å². The van der Waals surface area contributed by atoms with Gasteiger partial charge in [-0.15, -0.1) is 0 Å². The summed E-state index contributed by atoms with van der Waals surface area (Å²) in [6.07, 6.45) is 0. The van der Waals surface area contributed by atoms with Crippen LogP contribution >= 0.6 is 11.3 Å². The van der Waals surface area contributed by atoms with Crippen LogP contribution in [-0.2, 0) is 6.54 Å². The molecule has 3 rings (SSSR count). The topological polar surface area (TPSA) is 42.2 Å². The maximum absolute atomic E-state index is 5.80. The molecule has 0 saturated heterocycles. The van der Waals surface area contributed by atoms with Crippen LogP contribution in [0.15, 0.2) is 48.5 Å². The standard InChI is InChI=1S/C15H15N3S/c1-18(10-11-5-3-2-4-6-11)15-17-13-8-7-12(16)9-14(13)19-15/h2-9H,10,16H2,1H3. The van der Waals surface area contributed by atoms with E-state index >= 15 is 0 Å². The van der Waals surface area contributed by atoms with Gasteiger partial charge in [0.25, 0.3) is 0 Å². The molecule has 0 spiro atoms. The zero-order chi connectivity index (χ0) is 13.2. The number of nitrogen functional groups attached to an aromatic ring is 1. The van der Waals surface area contributed by atoms with Crippen molar-refractivity contribution < 1.29 is 0 Å². The van der Waals surface area contributed by atoms with Crippen molar-refractivity contribution in [2.24, 2.45) is 0 Å². The number of fused-ring (bicyclic) bond motifs is 1. The average molecular weight is 269 g/mol. The number of aromatic nitrogens is 1. The van der Waals surface area contributed by atoms with Gasteiger partial charge in [0, 0.05) is 19.3 Å². The molecule has 0 fully saturated rings. The lowest BCUT2D eigenvalue weighted by atomic mass is 10.2. The highest BCUT2D eigenvalue weighted by Gasteiger charge is 2.08. The number of thiazole rings is 1. The van der Waals surface area contributed by atoms with Gasteiger partial charge in [-0.05, 0) is 23.8 Å². The number of anilines is 2. The van der Waals surface area contributed by atoms with Gasteiger partial charge < -0.3 is 10.6 Å². The molecule has 0 aliphatic rings. The van der Waals surface area contributed by atoms with Crippen LogP contribution in [0.25, 0.3) is 10.2 Å². The van der Waals surface area contributed by atoms with Gasteiger partial charge in [0.05, 0.1) is 10.2 Å². The minimum Gasteiger partial charge on any atom is -0.399 e. The molecule has 0 saturated carbocycles. The molecule has 0 unspecified atom stereocenters. The van der Waals surface area contributed by atoms with Gasteiger partial charge in [-0.3, -0.25) is 0 Å². The predicted molar refractivity (Wildman–Crippen MR) is 82.6 cm³/mol. The van der Waals surface area contributed by atoms with Crippen LogP contribution in [-0.4, -0.2) is 12.0 Å². The van der Waals surface area contributed by atoms with Crippen LogP contribution in [0, 0.1) is 0 Å². The third-order valence-electron chi connectivity index (χ3n) is 2.99. The van der Waals surface area contributed by atoms with Crippen LogP contribution in [0.3, 0.4) is 0 Å². The van der Waals surface area contributed by atoms with Gasteiger partial charge in [0.15, 0.2) is 5.13 Å². The van der Waals surface area contributed by atoms with E-state index in [9.17, 15) is 0 Å². The van der Waals surface area contributed by atoms with Crippen LogP contribution in [0.5, 0.6) is 0 Å². The summed E-state index contributed by atoms with van der Waals surface area (Å²) in [5, 5.41) is 1.02. The predicted octanol–water partition coefficient (Wildman–Crippen LogP) is 3.51. The molecule has 0 aliphatic heterocycles. The molecular weight excluding hydrogens is 254 g/mol. The molecule has 3 nitrogen and oxygen atoms in total. The maximum Gasteiger partial charge on any atom is 0.186 e. The minimum atomic E-state index is 0.786. The van der Waals surface area contributed by atoms with Gasteiger partial charge in [0.2, 0.25) is 0 Å². The Labute approximate surface area is 116 Å². The summed E-state index contributed by atoms with van der Waals surface area (Å²) >= 11 is 1.67. The van der Waals surface area contributed by atoms with E-state index in [1.807, 2.05) is 24.3 Å². The highest BCUT2D eigenvalue weighted by molar-refractivity contribution is 7.22. The molecule has 0 amide bonds. The van der Waals surface area contributed by atoms with Gasteiger partial charge >= 0.3 is 0 Å². The number of hydrogen-bond acceptors (Lipinski definition) is 4. The molecule has 4 heteroatoms. The highest BCUT2D eigenvalue weighted by Crippen LogP contribution is 2.30. The molecule has 0 atom stereocenters. The fourth-order valence-electron chi connectivity index (χ4n) is 2.02.